The van der Waals surface area contributed by atoms with E-state index in [1.807, 2.05) is 0 Å². The molecular formula is C12H19N5O2S2. The Hall–Kier alpha value is -1.35. The number of anilines is 1. The molecule has 0 saturated heterocycles. The molecule has 1 heterocycles. The fourth-order valence-electron chi connectivity index (χ4n) is 2.30. The molecule has 1 aliphatic carbocycles. The number of nitrogens with one attached hydrogen (secondary N) is 2. The smallest absolute Gasteiger partial charge is 0.321 e. The lowest BCUT2D eigenvalue weighted by Gasteiger charge is -2.29. The Bertz CT molecular complexity index is 508. The molecule has 9 heteroatoms. The molecule has 3 amide bonds. The van der Waals surface area contributed by atoms with Gasteiger partial charge in [0, 0.05) is 6.04 Å². The third-order valence-electron chi connectivity index (χ3n) is 3.43. The van der Waals surface area contributed by atoms with Gasteiger partial charge in [0.25, 0.3) is 0 Å². The van der Waals surface area contributed by atoms with E-state index in [1.54, 1.807) is 0 Å². The van der Waals surface area contributed by atoms with Crippen molar-refractivity contribution in [2.75, 3.05) is 11.5 Å². The highest BCUT2D eigenvalue weighted by atomic mass is 32.2. The monoisotopic (exact) mass is 329 g/mol. The molecule has 1 aliphatic rings. The summed E-state index contributed by atoms with van der Waals surface area (Å²) in [6.07, 6.45) is 4.42. The van der Waals surface area contributed by atoms with E-state index in [4.69, 9.17) is 5.73 Å². The molecule has 0 unspecified atom stereocenters. The van der Waals surface area contributed by atoms with E-state index in [0.717, 1.165) is 19.3 Å². The Morgan fingerprint density at radius 1 is 1.38 bits per heavy atom. The molecule has 7 nitrogen and oxygen atoms in total. The van der Waals surface area contributed by atoms with Crippen LogP contribution < -0.4 is 16.4 Å². The van der Waals surface area contributed by atoms with Crippen LogP contribution in [-0.2, 0) is 4.79 Å². The molecule has 1 fully saturated rings. The zero-order chi connectivity index (χ0) is 15.2. The number of amides is 3. The number of nitrogens with two attached hydrogens (primary N) is 1. The molecule has 0 aliphatic heterocycles. The highest BCUT2D eigenvalue weighted by molar-refractivity contribution is 8.01. The fourth-order valence-corrected chi connectivity index (χ4v) is 3.74. The first-order valence-electron chi connectivity index (χ1n) is 6.86. The Morgan fingerprint density at radius 3 is 2.81 bits per heavy atom. The molecule has 21 heavy (non-hydrogen) atoms. The summed E-state index contributed by atoms with van der Waals surface area (Å²) in [5, 5.41) is 13.0. The molecule has 0 radical (unpaired) electrons. The van der Waals surface area contributed by atoms with Crippen LogP contribution in [0.3, 0.4) is 0 Å². The molecule has 1 saturated carbocycles. The minimum Gasteiger partial charge on any atom is -0.374 e. The van der Waals surface area contributed by atoms with Crippen LogP contribution in [0.25, 0.3) is 0 Å². The predicted molar refractivity (Wildman–Crippen MR) is 83.1 cm³/mol. The highest BCUT2D eigenvalue weighted by Gasteiger charge is 2.23. The van der Waals surface area contributed by atoms with Crippen LogP contribution in [0.15, 0.2) is 4.34 Å². The second-order valence-electron chi connectivity index (χ2n) is 5.08. The third kappa shape index (κ3) is 5.16. The second-order valence-corrected chi connectivity index (χ2v) is 7.32. The first kappa shape index (κ1) is 16.0. The highest BCUT2D eigenvalue weighted by Crippen LogP contribution is 2.24. The molecule has 2 rings (SSSR count). The first-order chi connectivity index (χ1) is 10.0. The standard InChI is InChI=1S/C12H19N5O2S2/c1-7-4-2-3-5-8(7)14-11(19)15-9(18)6-20-12-17-16-10(13)21-12/h7-8H,2-6H2,1H3,(H2,13,16)(H2,14,15,18,19)/t7-,8+/m1/s1. The van der Waals surface area contributed by atoms with E-state index in [1.165, 1.54) is 29.5 Å². The van der Waals surface area contributed by atoms with E-state index in [0.29, 0.717) is 15.4 Å². The van der Waals surface area contributed by atoms with E-state index < -0.39 is 6.03 Å². The number of nitrogen functional groups attached to an aromatic ring is 1. The molecule has 0 bridgehead atoms. The van der Waals surface area contributed by atoms with E-state index >= 15 is 0 Å². The number of carbonyl (C=O) groups is 2. The lowest BCUT2D eigenvalue weighted by atomic mass is 9.86. The van der Waals surface area contributed by atoms with Crippen LogP contribution in [0.4, 0.5) is 9.93 Å². The summed E-state index contributed by atoms with van der Waals surface area (Å²) >= 11 is 2.43. The Balaban J connectivity index is 1.70. The van der Waals surface area contributed by atoms with Crippen molar-refractivity contribution in [2.45, 2.75) is 43.0 Å². The minimum atomic E-state index is -0.420. The average molecular weight is 329 g/mol. The van der Waals surface area contributed by atoms with Crippen molar-refractivity contribution in [1.82, 2.24) is 20.8 Å². The number of aromatic nitrogens is 2. The minimum absolute atomic E-state index is 0.113. The third-order valence-corrected chi connectivity index (χ3v) is 5.32. The zero-order valence-corrected chi connectivity index (χ0v) is 13.4. The number of hydrogen-bond acceptors (Lipinski definition) is 7. The molecular weight excluding hydrogens is 310 g/mol. The summed E-state index contributed by atoms with van der Waals surface area (Å²) in [6, 6.07) is -0.265. The quantitative estimate of drug-likeness (QED) is 0.724. The molecule has 116 valence electrons. The maximum absolute atomic E-state index is 11.8. The van der Waals surface area contributed by atoms with E-state index in [9.17, 15) is 9.59 Å². The fraction of sp³-hybridized carbons (Fsp3) is 0.667. The summed E-state index contributed by atoms with van der Waals surface area (Å²) in [4.78, 5) is 23.5. The van der Waals surface area contributed by atoms with Crippen LogP contribution in [0.1, 0.15) is 32.6 Å². The van der Waals surface area contributed by atoms with Crippen molar-refractivity contribution in [3.8, 4) is 0 Å². The summed E-state index contributed by atoms with van der Waals surface area (Å²) in [7, 11) is 0. The normalized spacial score (nSPS) is 21.8. The lowest BCUT2D eigenvalue weighted by Crippen LogP contribution is -2.48. The van der Waals surface area contributed by atoms with Gasteiger partial charge in [-0.3, -0.25) is 10.1 Å². The maximum atomic E-state index is 11.8. The van der Waals surface area contributed by atoms with Crippen LogP contribution >= 0.6 is 23.1 Å². The first-order valence-corrected chi connectivity index (χ1v) is 8.67. The van der Waals surface area contributed by atoms with Crippen molar-refractivity contribution in [2.24, 2.45) is 5.92 Å². The number of urea groups is 1. The van der Waals surface area contributed by atoms with Crippen molar-refractivity contribution in [1.29, 1.82) is 0 Å². The maximum Gasteiger partial charge on any atom is 0.321 e. The van der Waals surface area contributed by atoms with Gasteiger partial charge in [-0.2, -0.15) is 0 Å². The van der Waals surface area contributed by atoms with Gasteiger partial charge in [-0.05, 0) is 18.8 Å². The predicted octanol–water partition coefficient (Wildman–Crippen LogP) is 1.62. The molecule has 0 spiro atoms. The van der Waals surface area contributed by atoms with Crippen molar-refractivity contribution < 1.29 is 9.59 Å². The summed E-state index contributed by atoms with van der Waals surface area (Å²) in [6.45, 7) is 2.13. The van der Waals surface area contributed by atoms with Gasteiger partial charge in [0.1, 0.15) is 0 Å². The van der Waals surface area contributed by atoms with Gasteiger partial charge in [-0.25, -0.2) is 4.79 Å². The summed E-state index contributed by atoms with van der Waals surface area (Å²) < 4.78 is 0.615. The van der Waals surface area contributed by atoms with Crippen molar-refractivity contribution in [3.05, 3.63) is 0 Å². The number of rotatable bonds is 4. The Morgan fingerprint density at radius 2 is 2.14 bits per heavy atom. The Kier molecular flexibility index (Phi) is 5.80. The van der Waals surface area contributed by atoms with Gasteiger partial charge in [-0.15, -0.1) is 10.2 Å². The van der Waals surface area contributed by atoms with Crippen LogP contribution in [0.5, 0.6) is 0 Å². The van der Waals surface area contributed by atoms with Gasteiger partial charge in [0.15, 0.2) is 4.34 Å². The second kappa shape index (κ2) is 7.60. The number of hydrogen-bond donors (Lipinski definition) is 3. The SMILES string of the molecule is C[C@@H]1CCCC[C@@H]1NC(=O)NC(=O)CSc1nnc(N)s1. The number of nitrogens with zero attached hydrogens (tertiary/aromatic N) is 2. The lowest BCUT2D eigenvalue weighted by molar-refractivity contribution is -0.117. The van der Waals surface area contributed by atoms with Gasteiger partial charge in [0.05, 0.1) is 5.75 Å². The number of carbonyl (C=O) groups excluding carboxylic acids is 2. The molecule has 1 aromatic heterocycles. The molecule has 0 aromatic carbocycles. The average Bonchev–Trinajstić information content (AvgIpc) is 2.85. The van der Waals surface area contributed by atoms with Gasteiger partial charge >= 0.3 is 6.03 Å². The van der Waals surface area contributed by atoms with Gasteiger partial charge in [0.2, 0.25) is 11.0 Å². The largest absolute Gasteiger partial charge is 0.374 e. The van der Waals surface area contributed by atoms with Crippen LogP contribution in [0, 0.1) is 5.92 Å². The van der Waals surface area contributed by atoms with Gasteiger partial charge in [-0.1, -0.05) is 42.9 Å². The molecule has 2 atom stereocenters. The summed E-state index contributed by atoms with van der Waals surface area (Å²) in [5.41, 5.74) is 5.45. The Labute approximate surface area is 131 Å². The molecule has 1 aromatic rings. The molecule has 4 N–H and O–H groups in total. The number of thioether (sulfide) groups is 1. The van der Waals surface area contributed by atoms with Crippen molar-refractivity contribution >= 4 is 40.2 Å². The van der Waals surface area contributed by atoms with Gasteiger partial charge < -0.3 is 11.1 Å². The van der Waals surface area contributed by atoms with E-state index in [-0.39, 0.29) is 17.7 Å². The zero-order valence-electron chi connectivity index (χ0n) is 11.8. The van der Waals surface area contributed by atoms with E-state index in [2.05, 4.69) is 27.8 Å². The van der Waals surface area contributed by atoms with Crippen LogP contribution in [-0.4, -0.2) is 33.9 Å². The number of imide groups is 1. The summed E-state index contributed by atoms with van der Waals surface area (Å²) in [5.74, 6) is 0.218. The van der Waals surface area contributed by atoms with Crippen molar-refractivity contribution in [3.63, 3.8) is 0 Å². The van der Waals surface area contributed by atoms with Crippen LogP contribution in [0.2, 0.25) is 0 Å². The topological polar surface area (TPSA) is 110 Å².